The van der Waals surface area contributed by atoms with E-state index >= 15 is 0 Å². The molecule has 5 nitrogen and oxygen atoms in total. The number of hydrogen-bond acceptors (Lipinski definition) is 3. The predicted molar refractivity (Wildman–Crippen MR) is 96.6 cm³/mol. The lowest BCUT2D eigenvalue weighted by Crippen LogP contribution is -2.17. The molecule has 1 heterocycles. The van der Waals surface area contributed by atoms with Crippen LogP contribution in [-0.2, 0) is 6.54 Å². The van der Waals surface area contributed by atoms with Crippen molar-refractivity contribution in [3.05, 3.63) is 60.3 Å². The van der Waals surface area contributed by atoms with Crippen LogP contribution < -0.4 is 5.32 Å². The minimum atomic E-state index is -0.320. The molecule has 5 heteroatoms. The molecule has 0 aliphatic rings. The second kappa shape index (κ2) is 6.76. The summed E-state index contributed by atoms with van der Waals surface area (Å²) in [7, 11) is 4.11. The molecule has 0 unspecified atom stereocenters. The Bertz CT molecular complexity index is 868. The van der Waals surface area contributed by atoms with Crippen LogP contribution in [0.5, 0.6) is 5.75 Å². The van der Waals surface area contributed by atoms with Crippen molar-refractivity contribution < 1.29 is 9.90 Å². The second-order valence-corrected chi connectivity index (χ2v) is 6.06. The number of nitrogens with zero attached hydrogens (tertiary/aromatic N) is 2. The van der Waals surface area contributed by atoms with Gasteiger partial charge >= 0.3 is 0 Å². The van der Waals surface area contributed by atoms with Crippen LogP contribution in [0.3, 0.4) is 0 Å². The summed E-state index contributed by atoms with van der Waals surface area (Å²) >= 11 is 0. The first-order valence-corrected chi connectivity index (χ1v) is 7.87. The van der Waals surface area contributed by atoms with Gasteiger partial charge in [0.25, 0.3) is 5.91 Å². The van der Waals surface area contributed by atoms with Gasteiger partial charge < -0.3 is 19.9 Å². The van der Waals surface area contributed by atoms with Gasteiger partial charge in [0.2, 0.25) is 0 Å². The number of hydrogen-bond donors (Lipinski definition) is 2. The number of aromatic hydroxyl groups is 1. The molecule has 1 aromatic heterocycles. The van der Waals surface area contributed by atoms with Crippen LogP contribution in [0, 0.1) is 0 Å². The fraction of sp³-hybridized carbons (Fsp3) is 0.211. The molecule has 124 valence electrons. The number of aromatic nitrogens is 1. The van der Waals surface area contributed by atoms with E-state index in [1.165, 1.54) is 6.07 Å². The van der Waals surface area contributed by atoms with Crippen molar-refractivity contribution in [2.24, 2.45) is 0 Å². The number of amides is 1. The monoisotopic (exact) mass is 323 g/mol. The summed E-state index contributed by atoms with van der Waals surface area (Å²) in [6.07, 6.45) is 2.06. The fourth-order valence-electron chi connectivity index (χ4n) is 2.64. The number of likely N-dealkylation sites (N-methyl/N-ethyl adjacent to an activating group) is 1. The highest BCUT2D eigenvalue weighted by atomic mass is 16.3. The van der Waals surface area contributed by atoms with Crippen molar-refractivity contribution >= 4 is 22.5 Å². The maximum atomic E-state index is 12.3. The predicted octanol–water partition coefficient (Wildman–Crippen LogP) is 3.16. The van der Waals surface area contributed by atoms with Crippen LogP contribution in [0.4, 0.5) is 5.69 Å². The van der Waals surface area contributed by atoms with Crippen LogP contribution >= 0.6 is 0 Å². The number of rotatable bonds is 5. The van der Waals surface area contributed by atoms with Crippen LogP contribution in [0.1, 0.15) is 10.4 Å². The summed E-state index contributed by atoms with van der Waals surface area (Å²) in [4.78, 5) is 14.4. The van der Waals surface area contributed by atoms with Crippen molar-refractivity contribution in [1.82, 2.24) is 9.47 Å². The molecule has 0 fully saturated rings. The van der Waals surface area contributed by atoms with Crippen molar-refractivity contribution in [2.45, 2.75) is 6.54 Å². The third-order valence-electron chi connectivity index (χ3n) is 3.97. The van der Waals surface area contributed by atoms with Crippen LogP contribution in [0.25, 0.3) is 10.9 Å². The quantitative estimate of drug-likeness (QED) is 0.758. The summed E-state index contributed by atoms with van der Waals surface area (Å²) in [6, 6.07) is 14.4. The Morgan fingerprint density at radius 3 is 2.71 bits per heavy atom. The van der Waals surface area contributed by atoms with Crippen molar-refractivity contribution in [2.75, 3.05) is 26.0 Å². The number of phenolic OH excluding ortho intramolecular Hbond substituents is 1. The topological polar surface area (TPSA) is 57.5 Å². The van der Waals surface area contributed by atoms with Gasteiger partial charge in [0.15, 0.2) is 0 Å². The summed E-state index contributed by atoms with van der Waals surface area (Å²) in [5, 5.41) is 13.7. The van der Waals surface area contributed by atoms with Gasteiger partial charge in [-0.05, 0) is 50.5 Å². The van der Waals surface area contributed by atoms with Crippen molar-refractivity contribution in [3.63, 3.8) is 0 Å². The highest BCUT2D eigenvalue weighted by Crippen LogP contribution is 2.22. The Balaban J connectivity index is 1.79. The fourth-order valence-corrected chi connectivity index (χ4v) is 2.64. The molecule has 2 aromatic carbocycles. The largest absolute Gasteiger partial charge is 0.507 e. The van der Waals surface area contributed by atoms with Gasteiger partial charge in [-0.3, -0.25) is 4.79 Å². The Labute approximate surface area is 141 Å². The number of carbonyl (C=O) groups is 1. The minimum absolute atomic E-state index is 0.0223. The molecule has 3 rings (SSSR count). The molecule has 3 aromatic rings. The molecule has 1 amide bonds. The number of carbonyl (C=O) groups excluding carboxylic acids is 1. The normalized spacial score (nSPS) is 11.1. The summed E-state index contributed by atoms with van der Waals surface area (Å²) < 4.78 is 2.20. The van der Waals surface area contributed by atoms with E-state index in [-0.39, 0.29) is 17.2 Å². The van der Waals surface area contributed by atoms with Gasteiger partial charge in [-0.15, -0.1) is 0 Å². The smallest absolute Gasteiger partial charge is 0.259 e. The first-order chi connectivity index (χ1) is 11.5. The number of phenols is 1. The first kappa shape index (κ1) is 16.1. The van der Waals surface area contributed by atoms with E-state index in [2.05, 4.69) is 35.1 Å². The number of para-hydroxylation sites is 1. The van der Waals surface area contributed by atoms with Crippen LogP contribution in [0.15, 0.2) is 54.7 Å². The molecule has 0 atom stereocenters. The first-order valence-electron chi connectivity index (χ1n) is 7.87. The molecule has 0 aliphatic carbocycles. The second-order valence-electron chi connectivity index (χ2n) is 6.06. The van der Waals surface area contributed by atoms with Crippen molar-refractivity contribution in [1.29, 1.82) is 0 Å². The van der Waals surface area contributed by atoms with Crippen molar-refractivity contribution in [3.8, 4) is 5.75 Å². The van der Waals surface area contributed by atoms with E-state index in [0.29, 0.717) is 5.69 Å². The molecule has 0 radical (unpaired) electrons. The molecular formula is C19H21N3O2. The van der Waals surface area contributed by atoms with Gasteiger partial charge in [-0.2, -0.15) is 0 Å². The SMILES string of the molecule is CN(C)CCn1ccc2cc(NC(=O)c3ccccc3O)ccc21. The average molecular weight is 323 g/mol. The maximum Gasteiger partial charge on any atom is 0.259 e. The van der Waals surface area contributed by atoms with Gasteiger partial charge in [-0.25, -0.2) is 0 Å². The lowest BCUT2D eigenvalue weighted by Gasteiger charge is -2.11. The molecule has 0 bridgehead atoms. The number of anilines is 1. The molecule has 0 saturated heterocycles. The maximum absolute atomic E-state index is 12.3. The summed E-state index contributed by atoms with van der Waals surface area (Å²) in [6.45, 7) is 1.88. The lowest BCUT2D eigenvalue weighted by atomic mass is 10.1. The Morgan fingerprint density at radius 2 is 1.96 bits per heavy atom. The summed E-state index contributed by atoms with van der Waals surface area (Å²) in [5.74, 6) is -0.342. The molecule has 0 spiro atoms. The van der Waals surface area contributed by atoms with E-state index in [1.54, 1.807) is 18.2 Å². The molecule has 0 saturated carbocycles. The van der Waals surface area contributed by atoms with E-state index in [0.717, 1.165) is 24.0 Å². The van der Waals surface area contributed by atoms with E-state index in [4.69, 9.17) is 0 Å². The average Bonchev–Trinajstić information content (AvgIpc) is 2.95. The number of benzene rings is 2. The standard InChI is InChI=1S/C19H21N3O2/c1-21(2)11-12-22-10-9-14-13-15(7-8-17(14)22)20-19(24)16-5-3-4-6-18(16)23/h3-10,13,23H,11-12H2,1-2H3,(H,20,24). The molecular weight excluding hydrogens is 302 g/mol. The van der Waals surface area contributed by atoms with E-state index < -0.39 is 0 Å². The van der Waals surface area contributed by atoms with Gasteiger partial charge in [-0.1, -0.05) is 12.1 Å². The van der Waals surface area contributed by atoms with E-state index in [9.17, 15) is 9.90 Å². The minimum Gasteiger partial charge on any atom is -0.507 e. The zero-order valence-corrected chi connectivity index (χ0v) is 13.9. The molecule has 0 aliphatic heterocycles. The lowest BCUT2D eigenvalue weighted by molar-refractivity contribution is 0.102. The number of nitrogens with one attached hydrogen (secondary N) is 1. The number of fused-ring (bicyclic) bond motifs is 1. The Kier molecular flexibility index (Phi) is 4.53. The highest BCUT2D eigenvalue weighted by molar-refractivity contribution is 6.06. The van der Waals surface area contributed by atoms with E-state index in [1.807, 2.05) is 24.3 Å². The zero-order valence-electron chi connectivity index (χ0n) is 13.9. The third kappa shape index (κ3) is 3.41. The molecule has 24 heavy (non-hydrogen) atoms. The van der Waals surface area contributed by atoms with Gasteiger partial charge in [0.05, 0.1) is 5.56 Å². The summed E-state index contributed by atoms with van der Waals surface area (Å²) in [5.41, 5.74) is 2.11. The van der Waals surface area contributed by atoms with Crippen LogP contribution in [0.2, 0.25) is 0 Å². The molecule has 2 N–H and O–H groups in total. The Morgan fingerprint density at radius 1 is 1.17 bits per heavy atom. The van der Waals surface area contributed by atoms with Gasteiger partial charge in [0.1, 0.15) is 5.75 Å². The highest BCUT2D eigenvalue weighted by Gasteiger charge is 2.11. The van der Waals surface area contributed by atoms with Gasteiger partial charge in [0, 0.05) is 35.9 Å². The van der Waals surface area contributed by atoms with Crippen LogP contribution in [-0.4, -0.2) is 41.1 Å². The Hall–Kier alpha value is -2.79. The third-order valence-corrected chi connectivity index (χ3v) is 3.97. The zero-order chi connectivity index (χ0) is 17.1.